The Labute approximate surface area is 124 Å². The van der Waals surface area contributed by atoms with Crippen LogP contribution < -0.4 is 4.90 Å². The van der Waals surface area contributed by atoms with E-state index in [1.807, 2.05) is 24.3 Å². The molecule has 0 bridgehead atoms. The Morgan fingerprint density at radius 3 is 2.29 bits per heavy atom. The maximum atomic E-state index is 11.8. The molecule has 21 heavy (non-hydrogen) atoms. The molecular formula is C15H21N3O3. The first-order chi connectivity index (χ1) is 9.99. The fourth-order valence-corrected chi connectivity index (χ4v) is 2.44. The highest BCUT2D eigenvalue weighted by molar-refractivity contribution is 5.94. The van der Waals surface area contributed by atoms with Crippen LogP contribution in [-0.2, 0) is 0 Å². The summed E-state index contributed by atoms with van der Waals surface area (Å²) in [6.45, 7) is 2.58. The molecular weight excluding hydrogens is 270 g/mol. The number of amides is 2. The zero-order valence-electron chi connectivity index (χ0n) is 12.5. The van der Waals surface area contributed by atoms with Gasteiger partial charge in [-0.2, -0.15) is 0 Å². The van der Waals surface area contributed by atoms with Crippen molar-refractivity contribution in [3.63, 3.8) is 0 Å². The Bertz CT molecular complexity index is 513. The zero-order valence-corrected chi connectivity index (χ0v) is 12.5. The summed E-state index contributed by atoms with van der Waals surface area (Å²) in [7, 11) is 3.46. The molecule has 1 aromatic carbocycles. The first-order valence-corrected chi connectivity index (χ1v) is 7.03. The highest BCUT2D eigenvalue weighted by Crippen LogP contribution is 2.18. The average molecular weight is 291 g/mol. The number of benzene rings is 1. The van der Waals surface area contributed by atoms with E-state index in [1.54, 1.807) is 19.0 Å². The van der Waals surface area contributed by atoms with Crippen LogP contribution in [0.1, 0.15) is 16.8 Å². The van der Waals surface area contributed by atoms with Gasteiger partial charge in [0.1, 0.15) is 0 Å². The van der Waals surface area contributed by atoms with Gasteiger partial charge in [-0.25, -0.2) is 4.79 Å². The maximum absolute atomic E-state index is 11.8. The summed E-state index contributed by atoms with van der Waals surface area (Å²) < 4.78 is 0. The van der Waals surface area contributed by atoms with Gasteiger partial charge in [-0.15, -0.1) is 0 Å². The molecule has 2 rings (SSSR count). The van der Waals surface area contributed by atoms with E-state index in [0.29, 0.717) is 25.2 Å². The van der Waals surface area contributed by atoms with Crippen LogP contribution in [0.4, 0.5) is 10.5 Å². The summed E-state index contributed by atoms with van der Waals surface area (Å²) in [5.41, 5.74) is 1.68. The molecule has 0 aromatic heterocycles. The number of nitrogens with zero attached hydrogens (tertiary/aromatic N) is 3. The number of carboxylic acid groups (broad SMARTS) is 1. The summed E-state index contributed by atoms with van der Waals surface area (Å²) in [5.74, 6) is -0.0190. The molecule has 1 aliphatic heterocycles. The van der Waals surface area contributed by atoms with Crippen molar-refractivity contribution in [2.24, 2.45) is 0 Å². The fourth-order valence-electron chi connectivity index (χ4n) is 2.44. The van der Waals surface area contributed by atoms with Crippen molar-refractivity contribution in [3.05, 3.63) is 29.8 Å². The Morgan fingerprint density at radius 1 is 1.05 bits per heavy atom. The molecule has 0 saturated carbocycles. The number of anilines is 1. The quantitative estimate of drug-likeness (QED) is 0.898. The van der Waals surface area contributed by atoms with Crippen molar-refractivity contribution in [2.75, 3.05) is 45.2 Å². The molecule has 1 N–H and O–H groups in total. The van der Waals surface area contributed by atoms with Crippen molar-refractivity contribution in [1.29, 1.82) is 0 Å². The number of hydrogen-bond donors (Lipinski definition) is 1. The van der Waals surface area contributed by atoms with Gasteiger partial charge in [-0.3, -0.25) is 4.79 Å². The zero-order chi connectivity index (χ0) is 15.4. The second-order valence-corrected chi connectivity index (χ2v) is 5.36. The van der Waals surface area contributed by atoms with Crippen LogP contribution in [0.25, 0.3) is 0 Å². The third-order valence-electron chi connectivity index (χ3n) is 3.65. The van der Waals surface area contributed by atoms with E-state index in [2.05, 4.69) is 4.90 Å². The number of hydrogen-bond acceptors (Lipinski definition) is 3. The lowest BCUT2D eigenvalue weighted by Crippen LogP contribution is -2.34. The van der Waals surface area contributed by atoms with Gasteiger partial charge in [-0.05, 0) is 30.7 Å². The molecule has 1 saturated heterocycles. The smallest absolute Gasteiger partial charge is 0.407 e. The predicted octanol–water partition coefficient (Wildman–Crippen LogP) is 1.58. The lowest BCUT2D eigenvalue weighted by atomic mass is 10.1. The maximum Gasteiger partial charge on any atom is 0.407 e. The molecule has 1 fully saturated rings. The van der Waals surface area contributed by atoms with Crippen LogP contribution in [0.3, 0.4) is 0 Å². The SMILES string of the molecule is CN(C)C(=O)c1ccc(N2CCCN(C(=O)O)CC2)cc1. The summed E-state index contributed by atoms with van der Waals surface area (Å²) >= 11 is 0. The van der Waals surface area contributed by atoms with Gasteiger partial charge in [0.2, 0.25) is 0 Å². The first-order valence-electron chi connectivity index (χ1n) is 7.03. The van der Waals surface area contributed by atoms with Gasteiger partial charge in [0.25, 0.3) is 5.91 Å². The Hall–Kier alpha value is -2.24. The normalized spacial score (nSPS) is 15.5. The van der Waals surface area contributed by atoms with E-state index < -0.39 is 6.09 Å². The standard InChI is InChI=1S/C15H21N3O3/c1-16(2)14(19)12-4-6-13(7-5-12)17-8-3-9-18(11-10-17)15(20)21/h4-7H,3,8-11H2,1-2H3,(H,20,21). The van der Waals surface area contributed by atoms with Crippen molar-refractivity contribution >= 4 is 17.7 Å². The van der Waals surface area contributed by atoms with Gasteiger partial charge in [0, 0.05) is 51.5 Å². The fraction of sp³-hybridized carbons (Fsp3) is 0.467. The predicted molar refractivity (Wildman–Crippen MR) is 80.9 cm³/mol. The average Bonchev–Trinajstić information content (AvgIpc) is 2.72. The largest absolute Gasteiger partial charge is 0.465 e. The molecule has 2 amide bonds. The summed E-state index contributed by atoms with van der Waals surface area (Å²) in [4.78, 5) is 28.0. The summed E-state index contributed by atoms with van der Waals surface area (Å²) in [6, 6.07) is 7.48. The van der Waals surface area contributed by atoms with Gasteiger partial charge in [0.05, 0.1) is 0 Å². The van der Waals surface area contributed by atoms with Crippen molar-refractivity contribution in [2.45, 2.75) is 6.42 Å². The molecule has 1 aromatic rings. The molecule has 6 nitrogen and oxygen atoms in total. The van der Waals surface area contributed by atoms with E-state index in [0.717, 1.165) is 18.7 Å². The minimum absolute atomic E-state index is 0.0190. The van der Waals surface area contributed by atoms with Gasteiger partial charge >= 0.3 is 6.09 Å². The molecule has 114 valence electrons. The van der Waals surface area contributed by atoms with Crippen LogP contribution in [0.15, 0.2) is 24.3 Å². The van der Waals surface area contributed by atoms with Gasteiger partial charge < -0.3 is 19.8 Å². The molecule has 0 aliphatic carbocycles. The second-order valence-electron chi connectivity index (χ2n) is 5.36. The van der Waals surface area contributed by atoms with Crippen LogP contribution in [-0.4, -0.2) is 67.2 Å². The molecule has 6 heteroatoms. The number of carbonyl (C=O) groups excluding carboxylic acids is 1. The Kier molecular flexibility index (Phi) is 4.67. The summed E-state index contributed by atoms with van der Waals surface area (Å²) in [5, 5.41) is 9.03. The highest BCUT2D eigenvalue weighted by atomic mass is 16.4. The Balaban J connectivity index is 2.05. The van der Waals surface area contributed by atoms with E-state index >= 15 is 0 Å². The molecule has 0 atom stereocenters. The lowest BCUT2D eigenvalue weighted by molar-refractivity contribution is 0.0827. The lowest BCUT2D eigenvalue weighted by Gasteiger charge is -2.23. The first kappa shape index (κ1) is 15.2. The van der Waals surface area contributed by atoms with Crippen LogP contribution >= 0.6 is 0 Å². The molecule has 0 unspecified atom stereocenters. The van der Waals surface area contributed by atoms with Crippen molar-refractivity contribution in [3.8, 4) is 0 Å². The topological polar surface area (TPSA) is 64.1 Å². The van der Waals surface area contributed by atoms with E-state index in [4.69, 9.17) is 5.11 Å². The van der Waals surface area contributed by atoms with Crippen molar-refractivity contribution in [1.82, 2.24) is 9.80 Å². The summed E-state index contributed by atoms with van der Waals surface area (Å²) in [6.07, 6.45) is -0.0474. The highest BCUT2D eigenvalue weighted by Gasteiger charge is 2.18. The Morgan fingerprint density at radius 2 is 1.71 bits per heavy atom. The monoisotopic (exact) mass is 291 g/mol. The van der Waals surface area contributed by atoms with Crippen LogP contribution in [0, 0.1) is 0 Å². The third kappa shape index (κ3) is 3.65. The number of carbonyl (C=O) groups is 2. The van der Waals surface area contributed by atoms with Crippen LogP contribution in [0.2, 0.25) is 0 Å². The van der Waals surface area contributed by atoms with Crippen molar-refractivity contribution < 1.29 is 14.7 Å². The van der Waals surface area contributed by atoms with Crippen LogP contribution in [0.5, 0.6) is 0 Å². The molecule has 1 heterocycles. The molecule has 0 spiro atoms. The van der Waals surface area contributed by atoms with E-state index in [1.165, 1.54) is 4.90 Å². The second kappa shape index (κ2) is 6.47. The van der Waals surface area contributed by atoms with Gasteiger partial charge in [0.15, 0.2) is 0 Å². The minimum Gasteiger partial charge on any atom is -0.465 e. The third-order valence-corrected chi connectivity index (χ3v) is 3.65. The minimum atomic E-state index is -0.858. The van der Waals surface area contributed by atoms with E-state index in [-0.39, 0.29) is 5.91 Å². The molecule has 1 aliphatic rings. The molecule has 0 radical (unpaired) electrons. The van der Waals surface area contributed by atoms with Gasteiger partial charge in [-0.1, -0.05) is 0 Å². The van der Waals surface area contributed by atoms with E-state index in [9.17, 15) is 9.59 Å². The number of rotatable bonds is 2.